The lowest BCUT2D eigenvalue weighted by molar-refractivity contribution is -0.118. The molecule has 1 atom stereocenters. The van der Waals surface area contributed by atoms with Crippen LogP contribution < -0.4 is 14.8 Å². The van der Waals surface area contributed by atoms with Gasteiger partial charge in [0.15, 0.2) is 0 Å². The van der Waals surface area contributed by atoms with E-state index < -0.39 is 0 Å². The highest BCUT2D eigenvalue weighted by Crippen LogP contribution is 2.31. The Bertz CT molecular complexity index is 776. The lowest BCUT2D eigenvalue weighted by atomic mass is 10.0. The molecule has 1 N–H and O–H groups in total. The summed E-state index contributed by atoms with van der Waals surface area (Å²) in [6, 6.07) is 16.1. The van der Waals surface area contributed by atoms with Crippen LogP contribution in [0.2, 0.25) is 0 Å². The van der Waals surface area contributed by atoms with E-state index in [1.165, 1.54) is 24.6 Å². The van der Waals surface area contributed by atoms with Crippen molar-refractivity contribution in [3.63, 3.8) is 0 Å². The van der Waals surface area contributed by atoms with Gasteiger partial charge in [-0.15, -0.1) is 11.8 Å². The number of hydrogen-bond donors (Lipinski definition) is 1. The van der Waals surface area contributed by atoms with Gasteiger partial charge in [-0.1, -0.05) is 18.2 Å². The van der Waals surface area contributed by atoms with E-state index in [2.05, 4.69) is 16.3 Å². The van der Waals surface area contributed by atoms with Crippen LogP contribution in [0.3, 0.4) is 0 Å². The fourth-order valence-electron chi connectivity index (χ4n) is 3.64. The molecule has 3 rings (SSSR count). The summed E-state index contributed by atoms with van der Waals surface area (Å²) in [5.41, 5.74) is 1.14. The third-order valence-corrected chi connectivity index (χ3v) is 6.09. The van der Waals surface area contributed by atoms with E-state index in [0.29, 0.717) is 18.9 Å². The second-order valence-corrected chi connectivity index (χ2v) is 8.05. The number of thioether (sulfide) groups is 1. The van der Waals surface area contributed by atoms with E-state index in [4.69, 9.17) is 9.47 Å². The average Bonchev–Trinajstić information content (AvgIpc) is 3.28. The monoisotopic (exact) mass is 414 g/mol. The van der Waals surface area contributed by atoms with Crippen molar-refractivity contribution < 1.29 is 14.3 Å². The van der Waals surface area contributed by atoms with Crippen molar-refractivity contribution in [2.45, 2.75) is 30.7 Å². The van der Waals surface area contributed by atoms with Crippen molar-refractivity contribution in [1.82, 2.24) is 10.2 Å². The number of nitrogens with one attached hydrogen (secondary N) is 1. The van der Waals surface area contributed by atoms with Crippen molar-refractivity contribution >= 4 is 17.7 Å². The molecular formula is C23H30N2O3S. The quantitative estimate of drug-likeness (QED) is 0.592. The van der Waals surface area contributed by atoms with Crippen LogP contribution in [0.1, 0.15) is 31.4 Å². The van der Waals surface area contributed by atoms with Crippen molar-refractivity contribution in [2.75, 3.05) is 39.1 Å². The number of nitrogens with zero attached hydrogens (tertiary/aromatic N) is 1. The van der Waals surface area contributed by atoms with Crippen LogP contribution in [0, 0.1) is 0 Å². The number of carbonyl (C=O) groups excluding carboxylic acids is 1. The summed E-state index contributed by atoms with van der Waals surface area (Å²) in [6.07, 6.45) is 2.40. The second kappa shape index (κ2) is 11.1. The standard InChI is InChI=1S/C23H30N2O3S/c1-3-28-18-10-12-19(13-11-18)29-17-23(26)24-16-21(25-14-6-7-15-25)20-8-4-5-9-22(20)27-2/h4-5,8-13,21H,3,6-7,14-17H2,1-2H3,(H,24,26). The first-order valence-electron chi connectivity index (χ1n) is 10.2. The molecule has 1 unspecified atom stereocenters. The summed E-state index contributed by atoms with van der Waals surface area (Å²) in [7, 11) is 1.70. The number of para-hydroxylation sites is 1. The lowest BCUT2D eigenvalue weighted by Gasteiger charge is -2.29. The normalized spacial score (nSPS) is 15.1. The van der Waals surface area contributed by atoms with Gasteiger partial charge in [0.25, 0.3) is 0 Å². The number of hydrogen-bond acceptors (Lipinski definition) is 5. The van der Waals surface area contributed by atoms with Crippen molar-refractivity contribution in [3.8, 4) is 11.5 Å². The van der Waals surface area contributed by atoms with Crippen molar-refractivity contribution in [2.24, 2.45) is 0 Å². The summed E-state index contributed by atoms with van der Waals surface area (Å²) >= 11 is 1.54. The van der Waals surface area contributed by atoms with E-state index >= 15 is 0 Å². The number of carbonyl (C=O) groups is 1. The van der Waals surface area contributed by atoms with Gasteiger partial charge >= 0.3 is 0 Å². The minimum absolute atomic E-state index is 0.0444. The second-order valence-electron chi connectivity index (χ2n) is 7.00. The van der Waals surface area contributed by atoms with Gasteiger partial charge in [0.1, 0.15) is 11.5 Å². The maximum absolute atomic E-state index is 12.5. The first-order valence-corrected chi connectivity index (χ1v) is 11.2. The smallest absolute Gasteiger partial charge is 0.230 e. The SMILES string of the molecule is CCOc1ccc(SCC(=O)NCC(c2ccccc2OC)N2CCCC2)cc1. The van der Waals surface area contributed by atoms with E-state index in [9.17, 15) is 4.79 Å². The molecule has 0 radical (unpaired) electrons. The van der Waals surface area contributed by atoms with Crippen molar-refractivity contribution in [1.29, 1.82) is 0 Å². The predicted molar refractivity (Wildman–Crippen MR) is 118 cm³/mol. The molecule has 2 aromatic carbocycles. The fraction of sp³-hybridized carbons (Fsp3) is 0.435. The molecule has 0 bridgehead atoms. The molecule has 1 saturated heterocycles. The molecule has 1 amide bonds. The summed E-state index contributed by atoms with van der Waals surface area (Å²) < 4.78 is 11.0. The lowest BCUT2D eigenvalue weighted by Crippen LogP contribution is -2.37. The maximum atomic E-state index is 12.5. The molecule has 1 aliphatic heterocycles. The number of likely N-dealkylation sites (tertiary alicyclic amines) is 1. The molecule has 6 heteroatoms. The van der Waals surface area contributed by atoms with E-state index in [1.54, 1.807) is 7.11 Å². The zero-order chi connectivity index (χ0) is 20.5. The molecule has 1 fully saturated rings. The van der Waals surface area contributed by atoms with Gasteiger partial charge in [-0.25, -0.2) is 0 Å². The molecule has 29 heavy (non-hydrogen) atoms. The number of ether oxygens (including phenoxy) is 2. The van der Waals surface area contributed by atoms with Crippen LogP contribution in [0.4, 0.5) is 0 Å². The Labute approximate surface area is 177 Å². The minimum Gasteiger partial charge on any atom is -0.496 e. The number of benzene rings is 2. The summed E-state index contributed by atoms with van der Waals surface area (Å²) in [5.74, 6) is 2.17. The Kier molecular flexibility index (Phi) is 8.25. The third-order valence-electron chi connectivity index (χ3n) is 5.08. The molecule has 1 heterocycles. The summed E-state index contributed by atoms with van der Waals surface area (Å²) in [5, 5.41) is 3.13. The van der Waals surface area contributed by atoms with Crippen molar-refractivity contribution in [3.05, 3.63) is 54.1 Å². The van der Waals surface area contributed by atoms with Crippen LogP contribution in [0.15, 0.2) is 53.4 Å². The number of rotatable bonds is 10. The topological polar surface area (TPSA) is 50.8 Å². The van der Waals surface area contributed by atoms with E-state index in [0.717, 1.165) is 35.0 Å². The molecular weight excluding hydrogens is 384 g/mol. The van der Waals surface area contributed by atoms with Gasteiger partial charge in [-0.05, 0) is 63.2 Å². The Morgan fingerprint density at radius 1 is 1.14 bits per heavy atom. The molecule has 5 nitrogen and oxygen atoms in total. The first-order chi connectivity index (χ1) is 14.2. The molecule has 1 aliphatic rings. The van der Waals surface area contributed by atoms with Gasteiger partial charge in [0.05, 0.1) is 25.5 Å². The van der Waals surface area contributed by atoms with Gasteiger partial charge in [0.2, 0.25) is 5.91 Å². The first kappa shape index (κ1) is 21.5. The highest BCUT2D eigenvalue weighted by atomic mass is 32.2. The maximum Gasteiger partial charge on any atom is 0.230 e. The highest BCUT2D eigenvalue weighted by Gasteiger charge is 2.26. The largest absolute Gasteiger partial charge is 0.496 e. The minimum atomic E-state index is 0.0444. The van der Waals surface area contributed by atoms with Crippen LogP contribution >= 0.6 is 11.8 Å². The van der Waals surface area contributed by atoms with Crippen LogP contribution in [-0.2, 0) is 4.79 Å². The van der Waals surface area contributed by atoms with E-state index in [1.807, 2.05) is 49.4 Å². The molecule has 2 aromatic rings. The summed E-state index contributed by atoms with van der Waals surface area (Å²) in [6.45, 7) is 5.31. The highest BCUT2D eigenvalue weighted by molar-refractivity contribution is 8.00. The summed E-state index contributed by atoms with van der Waals surface area (Å²) in [4.78, 5) is 16.0. The molecule has 0 saturated carbocycles. The van der Waals surface area contributed by atoms with Gasteiger partial charge in [-0.3, -0.25) is 9.69 Å². The van der Waals surface area contributed by atoms with E-state index in [-0.39, 0.29) is 11.9 Å². The van der Waals surface area contributed by atoms with Gasteiger partial charge in [-0.2, -0.15) is 0 Å². The third kappa shape index (κ3) is 6.15. The molecule has 0 aromatic heterocycles. The molecule has 0 spiro atoms. The number of amides is 1. The Morgan fingerprint density at radius 3 is 2.55 bits per heavy atom. The zero-order valence-corrected chi connectivity index (χ0v) is 18.0. The van der Waals surface area contributed by atoms with Gasteiger partial charge in [0, 0.05) is 17.0 Å². The van der Waals surface area contributed by atoms with Crippen LogP contribution in [-0.4, -0.2) is 49.9 Å². The average molecular weight is 415 g/mol. The Morgan fingerprint density at radius 2 is 1.86 bits per heavy atom. The number of methoxy groups -OCH3 is 1. The van der Waals surface area contributed by atoms with Crippen LogP contribution in [0.5, 0.6) is 11.5 Å². The van der Waals surface area contributed by atoms with Crippen LogP contribution in [0.25, 0.3) is 0 Å². The molecule has 0 aliphatic carbocycles. The fourth-order valence-corrected chi connectivity index (χ4v) is 4.37. The Hall–Kier alpha value is -2.18. The predicted octanol–water partition coefficient (Wildman–Crippen LogP) is 4.14. The van der Waals surface area contributed by atoms with Gasteiger partial charge < -0.3 is 14.8 Å². The Balaban J connectivity index is 1.56. The molecule has 156 valence electrons. The zero-order valence-electron chi connectivity index (χ0n) is 17.2.